The molecule has 1 unspecified atom stereocenters. The van der Waals surface area contributed by atoms with Gasteiger partial charge in [-0.2, -0.15) is 0 Å². The highest BCUT2D eigenvalue weighted by molar-refractivity contribution is 8.22. The van der Waals surface area contributed by atoms with Crippen molar-refractivity contribution in [2.45, 2.75) is 46.6 Å². The standard InChI is InChI=1S/C10H20OS2/c1-6-8(10(3,4)7-2)11-9(12)13-5/h8H,6-7H2,1-5H3. The first-order chi connectivity index (χ1) is 5.97. The minimum Gasteiger partial charge on any atom is -0.475 e. The van der Waals surface area contributed by atoms with E-state index in [1.54, 1.807) is 0 Å². The zero-order chi connectivity index (χ0) is 10.5. The van der Waals surface area contributed by atoms with E-state index in [0.717, 1.165) is 12.8 Å². The van der Waals surface area contributed by atoms with Crippen molar-refractivity contribution in [3.63, 3.8) is 0 Å². The first-order valence-corrected chi connectivity index (χ1v) is 6.35. The van der Waals surface area contributed by atoms with Crippen LogP contribution in [-0.2, 0) is 4.74 Å². The molecule has 1 atom stereocenters. The summed E-state index contributed by atoms with van der Waals surface area (Å²) in [6, 6.07) is 0. The summed E-state index contributed by atoms with van der Waals surface area (Å²) >= 11 is 6.56. The molecule has 78 valence electrons. The van der Waals surface area contributed by atoms with Crippen molar-refractivity contribution in [3.8, 4) is 0 Å². The molecule has 0 aliphatic carbocycles. The molecule has 13 heavy (non-hydrogen) atoms. The second-order valence-corrected chi connectivity index (χ2v) is 5.22. The predicted molar refractivity (Wildman–Crippen MR) is 65.3 cm³/mol. The van der Waals surface area contributed by atoms with E-state index < -0.39 is 0 Å². The molecule has 0 amide bonds. The molecule has 0 heterocycles. The van der Waals surface area contributed by atoms with E-state index in [4.69, 9.17) is 17.0 Å². The number of thioether (sulfide) groups is 1. The fourth-order valence-electron chi connectivity index (χ4n) is 1.19. The molecule has 0 radical (unpaired) electrons. The second kappa shape index (κ2) is 5.86. The monoisotopic (exact) mass is 220 g/mol. The molecule has 0 saturated heterocycles. The summed E-state index contributed by atoms with van der Waals surface area (Å²) in [5.74, 6) is 0. The van der Waals surface area contributed by atoms with Crippen LogP contribution in [0.2, 0.25) is 0 Å². The van der Waals surface area contributed by atoms with Crippen LogP contribution in [0.1, 0.15) is 40.5 Å². The fourth-order valence-corrected chi connectivity index (χ4v) is 1.52. The lowest BCUT2D eigenvalue weighted by Gasteiger charge is -2.32. The first kappa shape index (κ1) is 13.2. The number of hydrogen-bond acceptors (Lipinski definition) is 3. The van der Waals surface area contributed by atoms with Crippen LogP contribution in [-0.4, -0.2) is 16.7 Å². The average Bonchev–Trinajstić information content (AvgIpc) is 2.13. The van der Waals surface area contributed by atoms with Gasteiger partial charge in [0.25, 0.3) is 0 Å². The maximum Gasteiger partial charge on any atom is 0.219 e. The normalized spacial score (nSPS) is 13.9. The Hall–Kier alpha value is 0.240. The number of thiocarbonyl (C=S) groups is 1. The first-order valence-electron chi connectivity index (χ1n) is 4.72. The fraction of sp³-hybridized carbons (Fsp3) is 0.900. The van der Waals surface area contributed by atoms with Crippen LogP contribution in [0.3, 0.4) is 0 Å². The Morgan fingerprint density at radius 3 is 2.31 bits per heavy atom. The van der Waals surface area contributed by atoms with Crippen LogP contribution >= 0.6 is 24.0 Å². The van der Waals surface area contributed by atoms with E-state index in [-0.39, 0.29) is 11.5 Å². The van der Waals surface area contributed by atoms with Gasteiger partial charge in [-0.3, -0.25) is 0 Å². The molecular formula is C10H20OS2. The quantitative estimate of drug-likeness (QED) is 0.666. The summed E-state index contributed by atoms with van der Waals surface area (Å²) in [5, 5.41) is 0. The van der Waals surface area contributed by atoms with Crippen molar-refractivity contribution < 1.29 is 4.74 Å². The molecule has 3 heteroatoms. The Kier molecular flexibility index (Phi) is 5.97. The summed E-state index contributed by atoms with van der Waals surface area (Å²) < 4.78 is 6.36. The third-order valence-corrected chi connectivity index (χ3v) is 3.58. The SMILES string of the molecule is CCC(OC(=S)SC)C(C)(C)CC. The van der Waals surface area contributed by atoms with Crippen molar-refractivity contribution in [1.29, 1.82) is 0 Å². The number of rotatable bonds is 4. The molecule has 0 aromatic rings. The van der Waals surface area contributed by atoms with Gasteiger partial charge in [0, 0.05) is 5.41 Å². The molecule has 0 aliphatic rings. The molecule has 0 aromatic carbocycles. The van der Waals surface area contributed by atoms with E-state index >= 15 is 0 Å². The number of hydrogen-bond donors (Lipinski definition) is 0. The second-order valence-electron chi connectivity index (χ2n) is 3.81. The molecule has 0 spiro atoms. The van der Waals surface area contributed by atoms with E-state index in [1.165, 1.54) is 11.8 Å². The smallest absolute Gasteiger partial charge is 0.219 e. The summed E-state index contributed by atoms with van der Waals surface area (Å²) in [6.45, 7) is 8.79. The van der Waals surface area contributed by atoms with Gasteiger partial charge < -0.3 is 4.74 Å². The van der Waals surface area contributed by atoms with Crippen LogP contribution in [0.15, 0.2) is 0 Å². The van der Waals surface area contributed by atoms with Crippen molar-refractivity contribution in [3.05, 3.63) is 0 Å². The molecule has 0 saturated carbocycles. The Balaban J connectivity index is 4.25. The van der Waals surface area contributed by atoms with E-state index in [2.05, 4.69) is 27.7 Å². The molecular weight excluding hydrogens is 200 g/mol. The van der Waals surface area contributed by atoms with E-state index in [9.17, 15) is 0 Å². The van der Waals surface area contributed by atoms with Crippen LogP contribution in [0.25, 0.3) is 0 Å². The van der Waals surface area contributed by atoms with E-state index in [0.29, 0.717) is 4.38 Å². The molecule has 0 aliphatic heterocycles. The lowest BCUT2D eigenvalue weighted by atomic mass is 9.82. The van der Waals surface area contributed by atoms with Crippen molar-refractivity contribution >= 4 is 28.4 Å². The maximum atomic E-state index is 5.70. The maximum absolute atomic E-state index is 5.70. The van der Waals surface area contributed by atoms with E-state index in [1.807, 2.05) is 6.26 Å². The summed E-state index contributed by atoms with van der Waals surface area (Å²) in [4.78, 5) is 0. The van der Waals surface area contributed by atoms with Crippen LogP contribution < -0.4 is 0 Å². The Bertz CT molecular complexity index is 166. The van der Waals surface area contributed by atoms with Crippen LogP contribution in [0.4, 0.5) is 0 Å². The molecule has 0 aromatic heterocycles. The average molecular weight is 220 g/mol. The third-order valence-electron chi connectivity index (χ3n) is 2.56. The highest BCUT2D eigenvalue weighted by Crippen LogP contribution is 2.30. The highest BCUT2D eigenvalue weighted by atomic mass is 32.2. The largest absolute Gasteiger partial charge is 0.475 e. The van der Waals surface area contributed by atoms with Crippen LogP contribution in [0, 0.1) is 5.41 Å². The Morgan fingerprint density at radius 1 is 1.46 bits per heavy atom. The predicted octanol–water partition coefficient (Wildman–Crippen LogP) is 3.87. The van der Waals surface area contributed by atoms with Crippen molar-refractivity contribution in [2.24, 2.45) is 5.41 Å². The topological polar surface area (TPSA) is 9.23 Å². The van der Waals surface area contributed by atoms with Gasteiger partial charge in [0.15, 0.2) is 0 Å². The molecule has 0 bridgehead atoms. The highest BCUT2D eigenvalue weighted by Gasteiger charge is 2.28. The minimum absolute atomic E-state index is 0.217. The van der Waals surface area contributed by atoms with Gasteiger partial charge in [-0.05, 0) is 31.3 Å². The zero-order valence-corrected chi connectivity index (χ0v) is 10.8. The Labute approximate surface area is 91.6 Å². The lowest BCUT2D eigenvalue weighted by Crippen LogP contribution is -2.31. The van der Waals surface area contributed by atoms with Gasteiger partial charge >= 0.3 is 0 Å². The van der Waals surface area contributed by atoms with Gasteiger partial charge in [-0.15, -0.1) is 0 Å². The number of ether oxygens (including phenoxy) is 1. The van der Waals surface area contributed by atoms with Gasteiger partial charge in [-0.1, -0.05) is 39.5 Å². The van der Waals surface area contributed by atoms with Gasteiger partial charge in [-0.25, -0.2) is 0 Å². The van der Waals surface area contributed by atoms with Gasteiger partial charge in [0.1, 0.15) is 6.10 Å². The van der Waals surface area contributed by atoms with Crippen molar-refractivity contribution in [2.75, 3.05) is 6.26 Å². The molecule has 0 fully saturated rings. The summed E-state index contributed by atoms with van der Waals surface area (Å²) in [5.41, 5.74) is 0.217. The summed E-state index contributed by atoms with van der Waals surface area (Å²) in [7, 11) is 0. The third kappa shape index (κ3) is 4.32. The van der Waals surface area contributed by atoms with Gasteiger partial charge in [0.05, 0.1) is 0 Å². The lowest BCUT2D eigenvalue weighted by molar-refractivity contribution is 0.0633. The minimum atomic E-state index is 0.217. The zero-order valence-electron chi connectivity index (χ0n) is 9.22. The molecule has 1 nitrogen and oxygen atoms in total. The van der Waals surface area contributed by atoms with Crippen molar-refractivity contribution in [1.82, 2.24) is 0 Å². The van der Waals surface area contributed by atoms with Crippen LogP contribution in [0.5, 0.6) is 0 Å². The molecule has 0 rings (SSSR count). The van der Waals surface area contributed by atoms with Gasteiger partial charge in [0.2, 0.25) is 4.38 Å². The summed E-state index contributed by atoms with van der Waals surface area (Å²) in [6.07, 6.45) is 4.33. The molecule has 0 N–H and O–H groups in total. The Morgan fingerprint density at radius 2 is 2.00 bits per heavy atom.